The van der Waals surface area contributed by atoms with Gasteiger partial charge in [-0.1, -0.05) is 42.5 Å². The minimum Gasteiger partial charge on any atom is -0.444 e. The van der Waals surface area contributed by atoms with Crippen molar-refractivity contribution in [3.8, 4) is 0 Å². The minimum absolute atomic E-state index is 0.0211. The molecule has 0 bridgehead atoms. The minimum atomic E-state index is -0.946. The zero-order valence-corrected chi connectivity index (χ0v) is 16.4. The number of hydrogen-bond donors (Lipinski definition) is 3. The largest absolute Gasteiger partial charge is 0.444 e. The standard InChI is InChI=1S/C21H27N3O4/c1-21(2,3)28-20(26)24-18(14-27-13-15-9-5-4-6-10-15)19(25)23-17-12-8-7-11-16(17)22/h4-12,18H,13-14,22H2,1-3H3,(H,23,25)(H,24,26)/t18-/m0/s1. The molecular weight excluding hydrogens is 358 g/mol. The normalized spacial score (nSPS) is 12.1. The third kappa shape index (κ3) is 7.28. The number of benzene rings is 2. The topological polar surface area (TPSA) is 103 Å². The number of carbonyl (C=O) groups excluding carboxylic acids is 2. The smallest absolute Gasteiger partial charge is 0.408 e. The lowest BCUT2D eigenvalue weighted by Crippen LogP contribution is -2.48. The molecule has 150 valence electrons. The van der Waals surface area contributed by atoms with Crippen molar-refractivity contribution in [2.24, 2.45) is 0 Å². The van der Waals surface area contributed by atoms with Crippen molar-refractivity contribution in [3.63, 3.8) is 0 Å². The van der Waals surface area contributed by atoms with Crippen LogP contribution in [0.5, 0.6) is 0 Å². The van der Waals surface area contributed by atoms with Gasteiger partial charge in [-0.15, -0.1) is 0 Å². The average molecular weight is 385 g/mol. The van der Waals surface area contributed by atoms with Gasteiger partial charge in [0.1, 0.15) is 11.6 Å². The highest BCUT2D eigenvalue weighted by atomic mass is 16.6. The molecule has 0 fully saturated rings. The zero-order chi connectivity index (χ0) is 20.6. The Morgan fingerprint density at radius 1 is 1.04 bits per heavy atom. The second-order valence-electron chi connectivity index (χ2n) is 7.28. The molecule has 0 aliphatic carbocycles. The molecule has 0 aliphatic heterocycles. The molecule has 0 saturated carbocycles. The monoisotopic (exact) mass is 385 g/mol. The number of rotatable bonds is 7. The third-order valence-corrected chi connectivity index (χ3v) is 3.62. The Balaban J connectivity index is 2.02. The maximum absolute atomic E-state index is 12.7. The van der Waals surface area contributed by atoms with Gasteiger partial charge in [-0.2, -0.15) is 0 Å². The number of nitrogen functional groups attached to an aromatic ring is 1. The van der Waals surface area contributed by atoms with Crippen LogP contribution in [0, 0.1) is 0 Å². The fourth-order valence-corrected chi connectivity index (χ4v) is 2.33. The summed E-state index contributed by atoms with van der Waals surface area (Å²) in [5.74, 6) is -0.447. The number of hydrogen-bond acceptors (Lipinski definition) is 5. The molecule has 0 unspecified atom stereocenters. The van der Waals surface area contributed by atoms with Crippen LogP contribution in [0.25, 0.3) is 0 Å². The Morgan fingerprint density at radius 3 is 2.32 bits per heavy atom. The van der Waals surface area contributed by atoms with Crippen molar-refractivity contribution in [2.45, 2.75) is 39.0 Å². The van der Waals surface area contributed by atoms with Crippen molar-refractivity contribution < 1.29 is 19.1 Å². The molecule has 2 aromatic carbocycles. The highest BCUT2D eigenvalue weighted by molar-refractivity contribution is 5.98. The lowest BCUT2D eigenvalue weighted by Gasteiger charge is -2.23. The van der Waals surface area contributed by atoms with Gasteiger partial charge in [-0.3, -0.25) is 4.79 Å². The van der Waals surface area contributed by atoms with Gasteiger partial charge < -0.3 is 25.8 Å². The summed E-state index contributed by atoms with van der Waals surface area (Å²) < 4.78 is 10.9. The first kappa shape index (κ1) is 21.2. The van der Waals surface area contributed by atoms with Crippen LogP contribution in [-0.2, 0) is 20.9 Å². The van der Waals surface area contributed by atoms with Crippen molar-refractivity contribution in [1.29, 1.82) is 0 Å². The molecule has 2 rings (SSSR count). The number of anilines is 2. The predicted molar refractivity (Wildman–Crippen MR) is 109 cm³/mol. The van der Waals surface area contributed by atoms with Crippen molar-refractivity contribution in [1.82, 2.24) is 5.32 Å². The van der Waals surface area contributed by atoms with Crippen molar-refractivity contribution >= 4 is 23.4 Å². The molecule has 0 radical (unpaired) electrons. The predicted octanol–water partition coefficient (Wildman–Crippen LogP) is 3.32. The van der Waals surface area contributed by atoms with Crippen LogP contribution in [-0.4, -0.2) is 30.3 Å². The fourth-order valence-electron chi connectivity index (χ4n) is 2.33. The first-order chi connectivity index (χ1) is 13.2. The molecule has 0 aromatic heterocycles. The van der Waals surface area contributed by atoms with Gasteiger partial charge in [0.2, 0.25) is 5.91 Å². The quantitative estimate of drug-likeness (QED) is 0.635. The molecule has 7 nitrogen and oxygen atoms in total. The van der Waals surface area contributed by atoms with Crippen LogP contribution < -0.4 is 16.4 Å². The summed E-state index contributed by atoms with van der Waals surface area (Å²) >= 11 is 0. The van der Waals surface area contributed by atoms with E-state index in [0.29, 0.717) is 18.0 Å². The number of para-hydroxylation sites is 2. The van der Waals surface area contributed by atoms with E-state index in [1.165, 1.54) is 0 Å². The Kier molecular flexibility index (Phi) is 7.40. The van der Waals surface area contributed by atoms with E-state index in [2.05, 4.69) is 10.6 Å². The lowest BCUT2D eigenvalue weighted by molar-refractivity contribution is -0.119. The zero-order valence-electron chi connectivity index (χ0n) is 16.4. The number of nitrogens with two attached hydrogens (primary N) is 1. The van der Waals surface area contributed by atoms with E-state index >= 15 is 0 Å². The molecule has 4 N–H and O–H groups in total. The molecule has 2 amide bonds. The summed E-state index contributed by atoms with van der Waals surface area (Å²) in [6, 6.07) is 15.5. The van der Waals surface area contributed by atoms with Crippen LogP contribution in [0.2, 0.25) is 0 Å². The van der Waals surface area contributed by atoms with Crippen LogP contribution >= 0.6 is 0 Å². The molecule has 0 heterocycles. The van der Waals surface area contributed by atoms with Crippen LogP contribution in [0.15, 0.2) is 54.6 Å². The number of ether oxygens (including phenoxy) is 2. The van der Waals surface area contributed by atoms with Crippen LogP contribution in [0.3, 0.4) is 0 Å². The molecule has 0 spiro atoms. The van der Waals surface area contributed by atoms with Gasteiger partial charge in [0.25, 0.3) is 0 Å². The lowest BCUT2D eigenvalue weighted by atomic mass is 10.2. The number of alkyl carbamates (subject to hydrolysis) is 1. The van der Waals surface area contributed by atoms with Crippen LogP contribution in [0.4, 0.5) is 16.2 Å². The van der Waals surface area contributed by atoms with E-state index in [-0.39, 0.29) is 6.61 Å². The van der Waals surface area contributed by atoms with Gasteiger partial charge in [-0.05, 0) is 38.5 Å². The van der Waals surface area contributed by atoms with E-state index < -0.39 is 23.6 Å². The van der Waals surface area contributed by atoms with Crippen molar-refractivity contribution in [2.75, 3.05) is 17.7 Å². The number of carbonyl (C=O) groups is 2. The van der Waals surface area contributed by atoms with Gasteiger partial charge >= 0.3 is 6.09 Å². The molecule has 0 saturated heterocycles. The maximum Gasteiger partial charge on any atom is 0.408 e. The summed E-state index contributed by atoms with van der Waals surface area (Å²) in [6.45, 7) is 5.54. The Hall–Kier alpha value is -3.06. The van der Waals surface area contributed by atoms with Crippen molar-refractivity contribution in [3.05, 3.63) is 60.2 Å². The molecule has 7 heteroatoms. The Morgan fingerprint density at radius 2 is 1.68 bits per heavy atom. The second-order valence-corrected chi connectivity index (χ2v) is 7.28. The van der Waals surface area contributed by atoms with Gasteiger partial charge in [0.05, 0.1) is 24.6 Å². The van der Waals surface area contributed by atoms with Crippen LogP contribution in [0.1, 0.15) is 26.3 Å². The average Bonchev–Trinajstić information content (AvgIpc) is 2.62. The van der Waals surface area contributed by atoms with E-state index in [4.69, 9.17) is 15.2 Å². The maximum atomic E-state index is 12.7. The Labute approximate surface area is 165 Å². The third-order valence-electron chi connectivity index (χ3n) is 3.62. The summed E-state index contributed by atoms with van der Waals surface area (Å²) in [7, 11) is 0. The van der Waals surface area contributed by atoms with E-state index in [1.807, 2.05) is 30.3 Å². The summed E-state index contributed by atoms with van der Waals surface area (Å²) in [4.78, 5) is 24.8. The SMILES string of the molecule is CC(C)(C)OC(=O)N[C@@H](COCc1ccccc1)C(=O)Nc1ccccc1N. The summed E-state index contributed by atoms with van der Waals surface area (Å²) in [5, 5.41) is 5.27. The summed E-state index contributed by atoms with van der Waals surface area (Å²) in [5.41, 5.74) is 7.05. The number of nitrogens with one attached hydrogen (secondary N) is 2. The fraction of sp³-hybridized carbons (Fsp3) is 0.333. The van der Waals surface area contributed by atoms with Gasteiger partial charge in [0, 0.05) is 0 Å². The summed E-state index contributed by atoms with van der Waals surface area (Å²) in [6.07, 6.45) is -0.697. The molecule has 28 heavy (non-hydrogen) atoms. The number of amides is 2. The van der Waals surface area contributed by atoms with Gasteiger partial charge in [-0.25, -0.2) is 4.79 Å². The first-order valence-electron chi connectivity index (χ1n) is 9.01. The molecule has 0 aliphatic rings. The van der Waals surface area contributed by atoms with Gasteiger partial charge in [0.15, 0.2) is 0 Å². The second kappa shape index (κ2) is 9.75. The molecule has 1 atom stereocenters. The Bertz CT molecular complexity index is 788. The highest BCUT2D eigenvalue weighted by Crippen LogP contribution is 2.17. The van der Waals surface area contributed by atoms with E-state index in [1.54, 1.807) is 45.0 Å². The molecule has 2 aromatic rings. The first-order valence-corrected chi connectivity index (χ1v) is 9.01. The highest BCUT2D eigenvalue weighted by Gasteiger charge is 2.25. The van der Waals surface area contributed by atoms with E-state index in [0.717, 1.165) is 5.56 Å². The van der Waals surface area contributed by atoms with E-state index in [9.17, 15) is 9.59 Å². The molecular formula is C21H27N3O4.